The Morgan fingerprint density at radius 1 is 1.75 bits per heavy atom. The van der Waals surface area contributed by atoms with Crippen LogP contribution < -0.4 is 0 Å². The van der Waals surface area contributed by atoms with Gasteiger partial charge in [0.1, 0.15) is 6.54 Å². The normalized spacial score (nSPS) is 12.0. The van der Waals surface area contributed by atoms with E-state index in [1.165, 1.54) is 5.06 Å². The Morgan fingerprint density at radius 3 is 2.67 bits per heavy atom. The maximum Gasteiger partial charge on any atom is 0.320 e. The quantitative estimate of drug-likeness (QED) is 0.513. The van der Waals surface area contributed by atoms with Crippen LogP contribution in [0.4, 0.5) is 0 Å². The molecule has 0 bridgehead atoms. The van der Waals surface area contributed by atoms with Crippen molar-refractivity contribution in [3.63, 3.8) is 0 Å². The largest absolute Gasteiger partial charge is 0.480 e. The standard InChI is InChI=1S/C6H14NO3PS/c1-5(2)10-7(4-11-12)3-6(8)9/h5H,3-4,11H2,1-2H3,(H,8,9). The highest BCUT2D eigenvalue weighted by Gasteiger charge is 2.09. The third kappa shape index (κ3) is 6.73. The zero-order valence-corrected chi connectivity index (χ0v) is 9.16. The summed E-state index contributed by atoms with van der Waals surface area (Å²) in [4.78, 5) is 15.5. The lowest BCUT2D eigenvalue weighted by molar-refractivity contribution is -0.186. The maximum atomic E-state index is 10.3. The van der Waals surface area contributed by atoms with Crippen molar-refractivity contribution in [2.45, 2.75) is 20.0 Å². The van der Waals surface area contributed by atoms with E-state index >= 15 is 0 Å². The van der Waals surface area contributed by atoms with Gasteiger partial charge in [0.2, 0.25) is 0 Å². The van der Waals surface area contributed by atoms with E-state index in [0.717, 1.165) is 0 Å². The first-order valence-electron chi connectivity index (χ1n) is 3.63. The molecule has 1 atom stereocenters. The molecule has 0 aliphatic carbocycles. The number of hydrogen-bond acceptors (Lipinski definition) is 4. The van der Waals surface area contributed by atoms with Crippen molar-refractivity contribution in [1.29, 1.82) is 0 Å². The van der Waals surface area contributed by atoms with E-state index < -0.39 is 5.97 Å². The van der Waals surface area contributed by atoms with E-state index in [0.29, 0.717) is 6.29 Å². The number of hydroxylamine groups is 2. The van der Waals surface area contributed by atoms with Crippen LogP contribution in [-0.4, -0.2) is 35.1 Å². The van der Waals surface area contributed by atoms with E-state index in [4.69, 9.17) is 21.8 Å². The highest BCUT2D eigenvalue weighted by Crippen LogP contribution is 2.02. The van der Waals surface area contributed by atoms with Gasteiger partial charge in [-0.25, -0.2) is 0 Å². The Hall–Kier alpha value is 0.0400. The zero-order valence-electron chi connectivity index (χ0n) is 7.19. The van der Waals surface area contributed by atoms with Crippen LogP contribution in [0.5, 0.6) is 0 Å². The Labute approximate surface area is 78.3 Å². The number of rotatable bonds is 6. The third-order valence-corrected chi connectivity index (χ3v) is 1.95. The van der Waals surface area contributed by atoms with Crippen LogP contribution in [-0.2, 0) is 21.4 Å². The monoisotopic (exact) mass is 211 g/mol. The smallest absolute Gasteiger partial charge is 0.320 e. The SMILES string of the molecule is CC(C)ON(C[PH2]=S)CC(=O)O. The number of hydrogen-bond donors (Lipinski definition) is 1. The van der Waals surface area contributed by atoms with E-state index in [-0.39, 0.29) is 20.0 Å². The zero-order chi connectivity index (χ0) is 9.56. The number of nitrogens with zero attached hydrogens (tertiary/aromatic N) is 1. The molecule has 0 aromatic heterocycles. The van der Waals surface area contributed by atoms with Gasteiger partial charge in [-0.1, -0.05) is 7.36 Å². The van der Waals surface area contributed by atoms with Gasteiger partial charge < -0.3 is 5.11 Å². The minimum Gasteiger partial charge on any atom is -0.480 e. The molecular formula is C6H14NO3PS. The molecule has 0 aliphatic rings. The van der Waals surface area contributed by atoms with E-state index in [9.17, 15) is 4.79 Å². The lowest BCUT2D eigenvalue weighted by Gasteiger charge is -2.20. The van der Waals surface area contributed by atoms with Crippen molar-refractivity contribution < 1.29 is 14.7 Å². The average molecular weight is 211 g/mol. The molecular weight excluding hydrogens is 197 g/mol. The molecule has 0 spiro atoms. The second-order valence-electron chi connectivity index (χ2n) is 2.54. The van der Waals surface area contributed by atoms with Crippen molar-refractivity contribution in [1.82, 2.24) is 5.06 Å². The molecule has 0 aromatic carbocycles. The summed E-state index contributed by atoms with van der Waals surface area (Å²) in [6.07, 6.45) is 0.560. The molecule has 0 saturated heterocycles. The fourth-order valence-corrected chi connectivity index (χ4v) is 1.56. The highest BCUT2D eigenvalue weighted by molar-refractivity contribution is 7.96. The Kier molecular flexibility index (Phi) is 6.57. The van der Waals surface area contributed by atoms with Crippen LogP contribution in [0.1, 0.15) is 13.8 Å². The minimum atomic E-state index is -0.890. The lowest BCUT2D eigenvalue weighted by atomic mass is 10.5. The van der Waals surface area contributed by atoms with Crippen LogP contribution in [0.15, 0.2) is 0 Å². The fraction of sp³-hybridized carbons (Fsp3) is 0.833. The van der Waals surface area contributed by atoms with E-state index in [2.05, 4.69) is 0 Å². The topological polar surface area (TPSA) is 49.8 Å². The molecule has 0 rings (SSSR count). The second kappa shape index (κ2) is 6.54. The first-order valence-corrected chi connectivity index (χ1v) is 6.33. The maximum absolute atomic E-state index is 10.3. The number of carbonyl (C=O) groups is 1. The minimum absolute atomic E-state index is 0.00491. The summed E-state index contributed by atoms with van der Waals surface area (Å²) in [5, 5.41) is 9.89. The van der Waals surface area contributed by atoms with Gasteiger partial charge in [0, 0.05) is 6.29 Å². The van der Waals surface area contributed by atoms with Crippen LogP contribution in [0.25, 0.3) is 0 Å². The van der Waals surface area contributed by atoms with Crippen LogP contribution in [0.2, 0.25) is 0 Å². The molecule has 1 N–H and O–H groups in total. The van der Waals surface area contributed by atoms with Gasteiger partial charge in [-0.05, 0) is 13.8 Å². The Morgan fingerprint density at radius 2 is 2.33 bits per heavy atom. The number of aliphatic carboxylic acids is 1. The summed E-state index contributed by atoms with van der Waals surface area (Å²) in [5.41, 5.74) is 0. The van der Waals surface area contributed by atoms with Gasteiger partial charge in [0.25, 0.3) is 0 Å². The highest BCUT2D eigenvalue weighted by atomic mass is 32.4. The molecule has 0 aliphatic heterocycles. The van der Waals surface area contributed by atoms with Crippen molar-refractivity contribution in [3.8, 4) is 0 Å². The summed E-state index contributed by atoms with van der Waals surface area (Å²) < 4.78 is 0. The van der Waals surface area contributed by atoms with Gasteiger partial charge in [-0.2, -0.15) is 5.06 Å². The summed E-state index contributed by atoms with van der Waals surface area (Å²) in [6.45, 7) is 3.61. The van der Waals surface area contributed by atoms with Crippen LogP contribution >= 0.6 is 7.36 Å². The van der Waals surface area contributed by atoms with Gasteiger partial charge in [0.15, 0.2) is 0 Å². The molecule has 4 nitrogen and oxygen atoms in total. The predicted octanol–water partition coefficient (Wildman–Crippen LogP) is 0.543. The molecule has 0 aromatic rings. The molecule has 0 radical (unpaired) electrons. The van der Waals surface area contributed by atoms with Crippen LogP contribution in [0.3, 0.4) is 0 Å². The van der Waals surface area contributed by atoms with Gasteiger partial charge >= 0.3 is 5.97 Å². The van der Waals surface area contributed by atoms with Crippen LogP contribution in [0, 0.1) is 0 Å². The molecule has 0 amide bonds. The van der Waals surface area contributed by atoms with Gasteiger partial charge in [0.05, 0.1) is 6.10 Å². The average Bonchev–Trinajstić information content (AvgIpc) is 1.84. The van der Waals surface area contributed by atoms with Crippen molar-refractivity contribution in [2.75, 3.05) is 12.8 Å². The van der Waals surface area contributed by atoms with Gasteiger partial charge in [-0.15, -0.1) is 11.8 Å². The van der Waals surface area contributed by atoms with E-state index in [1.54, 1.807) is 0 Å². The predicted molar refractivity (Wildman–Crippen MR) is 52.5 cm³/mol. The first-order chi connectivity index (χ1) is 5.56. The Balaban J connectivity index is 3.85. The van der Waals surface area contributed by atoms with E-state index in [1.807, 2.05) is 13.8 Å². The number of carboxylic acids is 1. The molecule has 0 fully saturated rings. The molecule has 1 unspecified atom stereocenters. The summed E-state index contributed by atoms with van der Waals surface area (Å²) in [6, 6.07) is 0. The second-order valence-corrected chi connectivity index (χ2v) is 4.24. The summed E-state index contributed by atoms with van der Waals surface area (Å²) in [7, 11) is -0.170. The third-order valence-electron chi connectivity index (χ3n) is 0.950. The van der Waals surface area contributed by atoms with Crippen molar-refractivity contribution >= 4 is 25.1 Å². The van der Waals surface area contributed by atoms with Crippen molar-refractivity contribution in [2.24, 2.45) is 0 Å². The Bertz CT molecular complexity index is 165. The van der Waals surface area contributed by atoms with Gasteiger partial charge in [-0.3, -0.25) is 9.63 Å². The molecule has 0 heterocycles. The number of carboxylic acid groups (broad SMARTS) is 1. The fourth-order valence-electron chi connectivity index (χ4n) is 0.677. The molecule has 12 heavy (non-hydrogen) atoms. The lowest BCUT2D eigenvalue weighted by Crippen LogP contribution is -2.31. The van der Waals surface area contributed by atoms with Crippen molar-refractivity contribution in [3.05, 3.63) is 0 Å². The molecule has 6 heteroatoms. The molecule has 72 valence electrons. The first kappa shape index (κ1) is 12.0. The molecule has 0 saturated carbocycles. The summed E-state index contributed by atoms with van der Waals surface area (Å²) >= 11 is 4.80. The summed E-state index contributed by atoms with van der Waals surface area (Å²) in [5.74, 6) is -0.890.